The fourth-order valence-electron chi connectivity index (χ4n) is 0.821. The molecule has 2 unspecified atom stereocenters. The van der Waals surface area contributed by atoms with E-state index in [1.54, 1.807) is 0 Å². The van der Waals surface area contributed by atoms with Gasteiger partial charge in [-0.05, 0) is 6.42 Å². The molecule has 0 aromatic rings. The summed E-state index contributed by atoms with van der Waals surface area (Å²) < 4.78 is 0. The number of aliphatic hydroxyl groups is 1. The van der Waals surface area contributed by atoms with Crippen molar-refractivity contribution in [1.29, 1.82) is 0 Å². The molecule has 0 aromatic carbocycles. The second-order valence-corrected chi connectivity index (χ2v) is 3.76. The van der Waals surface area contributed by atoms with Gasteiger partial charge in [-0.3, -0.25) is 9.59 Å². The van der Waals surface area contributed by atoms with Crippen LogP contribution in [0.15, 0.2) is 0 Å². The highest BCUT2D eigenvalue weighted by Crippen LogP contribution is 1.95. The van der Waals surface area contributed by atoms with Crippen molar-refractivity contribution in [2.45, 2.75) is 24.8 Å². The van der Waals surface area contributed by atoms with E-state index in [9.17, 15) is 9.59 Å². The molecule has 0 rings (SSSR count). The summed E-state index contributed by atoms with van der Waals surface area (Å²) in [6.07, 6.45) is 0.614. The van der Waals surface area contributed by atoms with E-state index in [1.165, 1.54) is 0 Å². The molecule has 0 heterocycles. The van der Waals surface area contributed by atoms with Crippen LogP contribution in [0.4, 0.5) is 0 Å². The minimum Gasteiger partial charge on any atom is -0.394 e. The van der Waals surface area contributed by atoms with E-state index in [0.717, 1.165) is 0 Å². The summed E-state index contributed by atoms with van der Waals surface area (Å²) in [5.41, 5.74) is 0. The molecule has 0 fully saturated rings. The van der Waals surface area contributed by atoms with Crippen molar-refractivity contribution in [1.82, 2.24) is 10.6 Å². The van der Waals surface area contributed by atoms with Gasteiger partial charge in [-0.25, -0.2) is 0 Å². The molecule has 0 radical (unpaired) electrons. The molecule has 2 amide bonds. The van der Waals surface area contributed by atoms with Crippen LogP contribution in [0.5, 0.6) is 0 Å². The second-order valence-electron chi connectivity index (χ2n) is 2.92. The van der Waals surface area contributed by atoms with Crippen molar-refractivity contribution >= 4 is 37.1 Å². The molecule has 0 aliphatic heterocycles. The third kappa shape index (κ3) is 5.91. The summed E-state index contributed by atoms with van der Waals surface area (Å²) in [6.45, 7) is 1.70. The Hall–Kier alpha value is -0.400. The number of amides is 2. The Morgan fingerprint density at radius 1 is 1.40 bits per heavy atom. The molecule has 0 aromatic heterocycles. The van der Waals surface area contributed by atoms with Crippen molar-refractivity contribution in [2.24, 2.45) is 0 Å². The van der Waals surface area contributed by atoms with Crippen molar-refractivity contribution < 1.29 is 14.7 Å². The van der Waals surface area contributed by atoms with Gasteiger partial charge in [0.25, 0.3) is 5.91 Å². The Labute approximate surface area is 99.8 Å². The van der Waals surface area contributed by atoms with Gasteiger partial charge in [0.1, 0.15) is 0 Å². The molecular weight excluding hydrogens is 236 g/mol. The fourth-order valence-corrected chi connectivity index (χ4v) is 1.13. The standard InChI is InChI=1S/C8H16N2O3S2/c1-2-5(3-11)9-7(13)8(15)10-6(12)4-14/h5,8,11,14-15H,2-4H2,1H3,(H,9,13)(H,10,12). The van der Waals surface area contributed by atoms with Gasteiger partial charge in [0.15, 0.2) is 5.37 Å². The first kappa shape index (κ1) is 14.6. The van der Waals surface area contributed by atoms with E-state index in [1.807, 2.05) is 6.92 Å². The molecule has 0 saturated carbocycles. The van der Waals surface area contributed by atoms with Crippen LogP contribution < -0.4 is 10.6 Å². The molecule has 7 heteroatoms. The second kappa shape index (κ2) is 7.84. The topological polar surface area (TPSA) is 78.4 Å². The van der Waals surface area contributed by atoms with Gasteiger partial charge in [-0.2, -0.15) is 12.6 Å². The first-order valence-corrected chi connectivity index (χ1v) is 5.69. The molecule has 3 N–H and O–H groups in total. The van der Waals surface area contributed by atoms with Crippen molar-refractivity contribution in [3.63, 3.8) is 0 Å². The van der Waals surface area contributed by atoms with Crippen molar-refractivity contribution in [3.05, 3.63) is 0 Å². The molecule has 0 spiro atoms. The van der Waals surface area contributed by atoms with Gasteiger partial charge in [0, 0.05) is 0 Å². The maximum absolute atomic E-state index is 11.4. The quantitative estimate of drug-likeness (QED) is 0.316. The van der Waals surface area contributed by atoms with Gasteiger partial charge in [-0.15, -0.1) is 12.6 Å². The van der Waals surface area contributed by atoms with Gasteiger partial charge in [0.05, 0.1) is 18.4 Å². The number of carbonyl (C=O) groups excluding carboxylic acids is 2. The zero-order valence-corrected chi connectivity index (χ0v) is 10.2. The Kier molecular flexibility index (Phi) is 7.63. The van der Waals surface area contributed by atoms with E-state index in [-0.39, 0.29) is 24.3 Å². The molecule has 0 saturated heterocycles. The largest absolute Gasteiger partial charge is 0.394 e. The zero-order valence-electron chi connectivity index (χ0n) is 8.43. The third-order valence-corrected chi connectivity index (χ3v) is 2.40. The lowest BCUT2D eigenvalue weighted by Crippen LogP contribution is -2.48. The summed E-state index contributed by atoms with van der Waals surface area (Å²) in [6, 6.07) is -0.306. The van der Waals surface area contributed by atoms with Crippen LogP contribution in [0.25, 0.3) is 0 Å². The molecule has 0 bridgehead atoms. The maximum atomic E-state index is 11.4. The summed E-state index contributed by atoms with van der Waals surface area (Å²) in [5.74, 6) is -0.804. The summed E-state index contributed by atoms with van der Waals surface area (Å²) in [7, 11) is 0. The van der Waals surface area contributed by atoms with E-state index in [0.29, 0.717) is 6.42 Å². The van der Waals surface area contributed by atoms with Crippen LogP contribution in [0, 0.1) is 0 Å². The number of nitrogens with one attached hydrogen (secondary N) is 2. The summed E-state index contributed by atoms with van der Waals surface area (Å²) in [5, 5.41) is 12.8. The van der Waals surface area contributed by atoms with Crippen LogP contribution in [-0.4, -0.2) is 40.7 Å². The lowest BCUT2D eigenvalue weighted by Gasteiger charge is -2.17. The van der Waals surface area contributed by atoms with Crippen molar-refractivity contribution in [2.75, 3.05) is 12.4 Å². The molecule has 15 heavy (non-hydrogen) atoms. The van der Waals surface area contributed by atoms with Crippen LogP contribution in [0.1, 0.15) is 13.3 Å². The molecule has 88 valence electrons. The molecule has 0 aliphatic carbocycles. The lowest BCUT2D eigenvalue weighted by atomic mass is 10.2. The lowest BCUT2D eigenvalue weighted by molar-refractivity contribution is -0.126. The highest BCUT2D eigenvalue weighted by Gasteiger charge is 2.18. The molecule has 2 atom stereocenters. The van der Waals surface area contributed by atoms with Crippen LogP contribution in [0.2, 0.25) is 0 Å². The van der Waals surface area contributed by atoms with Crippen molar-refractivity contribution in [3.8, 4) is 0 Å². The number of aliphatic hydroxyl groups excluding tert-OH is 1. The first-order valence-electron chi connectivity index (χ1n) is 4.54. The number of thiol groups is 2. The van der Waals surface area contributed by atoms with Gasteiger partial charge < -0.3 is 15.7 Å². The normalized spacial score (nSPS) is 14.1. The Morgan fingerprint density at radius 2 is 2.00 bits per heavy atom. The zero-order chi connectivity index (χ0) is 11.8. The SMILES string of the molecule is CCC(CO)NC(=O)C(S)NC(=O)CS. The van der Waals surface area contributed by atoms with Crippen LogP contribution in [0.3, 0.4) is 0 Å². The monoisotopic (exact) mass is 252 g/mol. The van der Waals surface area contributed by atoms with E-state index in [4.69, 9.17) is 5.11 Å². The third-order valence-electron chi connectivity index (χ3n) is 1.75. The van der Waals surface area contributed by atoms with Crippen LogP contribution in [-0.2, 0) is 9.59 Å². The van der Waals surface area contributed by atoms with Crippen LogP contribution >= 0.6 is 25.3 Å². The number of hydrogen-bond donors (Lipinski definition) is 5. The van der Waals surface area contributed by atoms with E-state index < -0.39 is 11.3 Å². The molecule has 5 nitrogen and oxygen atoms in total. The molecule has 0 aliphatic rings. The predicted molar refractivity (Wildman–Crippen MR) is 64.1 cm³/mol. The van der Waals surface area contributed by atoms with E-state index >= 15 is 0 Å². The summed E-state index contributed by atoms with van der Waals surface area (Å²) >= 11 is 7.66. The Morgan fingerprint density at radius 3 is 2.40 bits per heavy atom. The average Bonchev–Trinajstić information content (AvgIpc) is 2.24. The Balaban J connectivity index is 4.03. The fraction of sp³-hybridized carbons (Fsp3) is 0.750. The Bertz CT molecular complexity index is 222. The summed E-state index contributed by atoms with van der Waals surface area (Å²) in [4.78, 5) is 22.3. The van der Waals surface area contributed by atoms with Gasteiger partial charge in [0.2, 0.25) is 5.91 Å². The minimum absolute atomic E-state index is 0.00153. The van der Waals surface area contributed by atoms with Gasteiger partial charge >= 0.3 is 0 Å². The smallest absolute Gasteiger partial charge is 0.253 e. The predicted octanol–water partition coefficient (Wildman–Crippen LogP) is -0.825. The minimum atomic E-state index is -0.912. The molecular formula is C8H16N2O3S2. The number of hydrogen-bond acceptors (Lipinski definition) is 5. The maximum Gasteiger partial charge on any atom is 0.253 e. The highest BCUT2D eigenvalue weighted by molar-refractivity contribution is 7.82. The van der Waals surface area contributed by atoms with E-state index in [2.05, 4.69) is 35.9 Å². The van der Waals surface area contributed by atoms with Gasteiger partial charge in [-0.1, -0.05) is 6.92 Å². The highest BCUT2D eigenvalue weighted by atomic mass is 32.1. The first-order chi connectivity index (χ1) is 7.04. The number of rotatable bonds is 6. The number of carbonyl (C=O) groups is 2. The average molecular weight is 252 g/mol.